The monoisotopic (exact) mass is 540 g/mol. The van der Waals surface area contributed by atoms with Gasteiger partial charge in [0.25, 0.3) is 5.91 Å². The smallest absolute Gasteiger partial charge is 0.337 e. The molecular weight excluding hydrogens is 512 g/mol. The zero-order chi connectivity index (χ0) is 29.1. The van der Waals surface area contributed by atoms with Crippen LogP contribution in [-0.2, 0) is 22.6 Å². The summed E-state index contributed by atoms with van der Waals surface area (Å²) < 4.78 is 16.6. The van der Waals surface area contributed by atoms with Gasteiger partial charge in [-0.2, -0.15) is 5.26 Å². The number of rotatable bonds is 12. The summed E-state index contributed by atoms with van der Waals surface area (Å²) in [6.45, 7) is 6.14. The number of anilines is 1. The molecule has 0 spiro atoms. The highest BCUT2D eigenvalue weighted by molar-refractivity contribution is 6.09. The van der Waals surface area contributed by atoms with Gasteiger partial charge in [-0.15, -0.1) is 6.58 Å². The fourth-order valence-corrected chi connectivity index (χ4v) is 3.72. The van der Waals surface area contributed by atoms with E-state index in [0.717, 1.165) is 11.1 Å². The third-order valence-corrected chi connectivity index (χ3v) is 5.64. The van der Waals surface area contributed by atoms with Crippen molar-refractivity contribution < 1.29 is 33.7 Å². The van der Waals surface area contributed by atoms with Gasteiger partial charge in [-0.1, -0.05) is 18.2 Å². The first-order chi connectivity index (χ1) is 19.3. The summed E-state index contributed by atoms with van der Waals surface area (Å²) in [5, 5.41) is 21.4. The molecule has 2 N–H and O–H groups in total. The molecule has 0 bridgehead atoms. The molecule has 1 amide bonds. The zero-order valence-electron chi connectivity index (χ0n) is 22.1. The number of hydrogen-bond donors (Lipinski definition) is 2. The zero-order valence-corrected chi connectivity index (χ0v) is 22.1. The first-order valence-corrected chi connectivity index (χ1v) is 12.3. The molecule has 3 aromatic rings. The van der Waals surface area contributed by atoms with Crippen molar-refractivity contribution in [2.45, 2.75) is 20.0 Å². The van der Waals surface area contributed by atoms with E-state index >= 15 is 0 Å². The molecule has 3 aromatic carbocycles. The number of nitrogens with one attached hydrogen (secondary N) is 1. The van der Waals surface area contributed by atoms with Crippen LogP contribution in [0.1, 0.15) is 44.3 Å². The summed E-state index contributed by atoms with van der Waals surface area (Å²) in [6, 6.07) is 17.8. The van der Waals surface area contributed by atoms with Crippen molar-refractivity contribution in [3.8, 4) is 17.6 Å². The van der Waals surface area contributed by atoms with Crippen molar-refractivity contribution in [1.82, 2.24) is 0 Å². The van der Waals surface area contributed by atoms with Crippen LogP contribution < -0.4 is 14.8 Å². The molecule has 204 valence electrons. The van der Waals surface area contributed by atoms with Crippen LogP contribution in [0, 0.1) is 11.3 Å². The minimum Gasteiger partial charge on any atom is -0.490 e. The molecule has 0 aliphatic heterocycles. The number of nitriles is 1. The molecule has 9 heteroatoms. The molecule has 0 saturated carbocycles. The van der Waals surface area contributed by atoms with E-state index in [2.05, 4.69) is 16.6 Å². The Labute approximate surface area is 231 Å². The molecule has 0 heterocycles. The lowest BCUT2D eigenvalue weighted by molar-refractivity contribution is -0.112. The predicted molar refractivity (Wildman–Crippen MR) is 149 cm³/mol. The lowest BCUT2D eigenvalue weighted by Gasteiger charge is -2.17. The van der Waals surface area contributed by atoms with E-state index in [1.807, 2.05) is 13.0 Å². The Hall–Kier alpha value is -5.36. The normalized spacial score (nSPS) is 10.7. The topological polar surface area (TPSA) is 135 Å². The van der Waals surface area contributed by atoms with Crippen LogP contribution in [-0.4, -0.2) is 36.7 Å². The number of benzene rings is 3. The lowest BCUT2D eigenvalue weighted by atomic mass is 10.0. The van der Waals surface area contributed by atoms with E-state index in [1.54, 1.807) is 30.3 Å². The number of esters is 1. The van der Waals surface area contributed by atoms with Gasteiger partial charge in [0.15, 0.2) is 11.5 Å². The van der Waals surface area contributed by atoms with Crippen molar-refractivity contribution in [1.29, 1.82) is 5.26 Å². The van der Waals surface area contributed by atoms with Gasteiger partial charge in [-0.3, -0.25) is 4.79 Å². The molecule has 0 fully saturated rings. The summed E-state index contributed by atoms with van der Waals surface area (Å²) in [7, 11) is 1.28. The molecule has 0 aromatic heterocycles. The average Bonchev–Trinajstić information content (AvgIpc) is 2.96. The first-order valence-electron chi connectivity index (χ1n) is 12.3. The summed E-state index contributed by atoms with van der Waals surface area (Å²) in [5.74, 6) is -1.23. The second-order valence-corrected chi connectivity index (χ2v) is 8.42. The van der Waals surface area contributed by atoms with Crippen molar-refractivity contribution in [2.75, 3.05) is 19.0 Å². The van der Waals surface area contributed by atoms with Gasteiger partial charge in [0, 0.05) is 11.3 Å². The van der Waals surface area contributed by atoms with Gasteiger partial charge < -0.3 is 24.6 Å². The summed E-state index contributed by atoms with van der Waals surface area (Å²) >= 11 is 0. The van der Waals surface area contributed by atoms with Crippen LogP contribution in [0.2, 0.25) is 0 Å². The Balaban J connectivity index is 1.87. The molecule has 0 aliphatic carbocycles. The third-order valence-electron chi connectivity index (χ3n) is 5.64. The van der Waals surface area contributed by atoms with Gasteiger partial charge in [0.05, 0.1) is 24.8 Å². The Morgan fingerprint density at radius 2 is 1.70 bits per heavy atom. The highest BCUT2D eigenvalue weighted by Crippen LogP contribution is 2.35. The lowest BCUT2D eigenvalue weighted by Crippen LogP contribution is -2.13. The summed E-state index contributed by atoms with van der Waals surface area (Å²) in [4.78, 5) is 35.6. The number of methoxy groups -OCH3 is 1. The third kappa shape index (κ3) is 7.58. The predicted octanol–water partition coefficient (Wildman–Crippen LogP) is 5.42. The Kier molecular flexibility index (Phi) is 10.2. The number of nitrogens with zero attached hydrogens (tertiary/aromatic N) is 1. The van der Waals surface area contributed by atoms with Gasteiger partial charge in [-0.25, -0.2) is 9.59 Å². The molecule has 9 nitrogen and oxygen atoms in total. The Morgan fingerprint density at radius 3 is 2.27 bits per heavy atom. The summed E-state index contributed by atoms with van der Waals surface area (Å²) in [5.41, 5.74) is 2.81. The number of amides is 1. The summed E-state index contributed by atoms with van der Waals surface area (Å²) in [6.07, 6.45) is 3.57. The molecular formula is C31H28N2O7. The second-order valence-electron chi connectivity index (χ2n) is 8.42. The van der Waals surface area contributed by atoms with Crippen LogP contribution >= 0.6 is 0 Å². The van der Waals surface area contributed by atoms with Crippen LogP contribution in [0.3, 0.4) is 0 Å². The molecule has 0 aliphatic rings. The van der Waals surface area contributed by atoms with Crippen LogP contribution in [0.25, 0.3) is 6.08 Å². The fourth-order valence-electron chi connectivity index (χ4n) is 3.72. The Morgan fingerprint density at radius 1 is 1.02 bits per heavy atom. The van der Waals surface area contributed by atoms with E-state index in [9.17, 15) is 19.6 Å². The maximum Gasteiger partial charge on any atom is 0.337 e. The van der Waals surface area contributed by atoms with Crippen molar-refractivity contribution >= 4 is 29.6 Å². The van der Waals surface area contributed by atoms with Crippen LogP contribution in [0.4, 0.5) is 5.69 Å². The number of carbonyl (C=O) groups is 3. The molecule has 0 radical (unpaired) electrons. The van der Waals surface area contributed by atoms with Gasteiger partial charge in [-0.05, 0) is 79.1 Å². The number of carbonyl (C=O) groups excluding carboxylic acids is 2. The van der Waals surface area contributed by atoms with E-state index < -0.39 is 17.8 Å². The van der Waals surface area contributed by atoms with Crippen molar-refractivity contribution in [3.05, 3.63) is 107 Å². The molecule has 0 saturated heterocycles. The molecule has 0 unspecified atom stereocenters. The van der Waals surface area contributed by atoms with Gasteiger partial charge >= 0.3 is 11.9 Å². The van der Waals surface area contributed by atoms with Gasteiger partial charge in [0.2, 0.25) is 0 Å². The second kappa shape index (κ2) is 14.0. The number of allylic oxidation sites excluding steroid dienone is 1. The number of aromatic carboxylic acids is 1. The Bertz CT molecular complexity index is 1470. The number of hydrogen-bond acceptors (Lipinski definition) is 7. The molecule has 0 atom stereocenters. The minimum absolute atomic E-state index is 0.142. The van der Waals surface area contributed by atoms with E-state index in [0.29, 0.717) is 41.3 Å². The van der Waals surface area contributed by atoms with Crippen molar-refractivity contribution in [3.63, 3.8) is 0 Å². The number of carboxylic acids is 1. The quantitative estimate of drug-likeness (QED) is 0.135. The van der Waals surface area contributed by atoms with Crippen molar-refractivity contribution in [2.24, 2.45) is 0 Å². The average molecular weight is 541 g/mol. The highest BCUT2D eigenvalue weighted by atomic mass is 16.5. The fraction of sp³-hybridized carbons (Fsp3) is 0.161. The number of ether oxygens (including phenoxy) is 3. The maximum atomic E-state index is 12.8. The van der Waals surface area contributed by atoms with Crippen LogP contribution in [0.15, 0.2) is 78.9 Å². The SMILES string of the molecule is C=CCc1cc(/C=C(\C#N)C(=O)Nc2ccc(C(=O)OC)cc2)cc(OCC)c1OCc1ccc(C(=O)O)cc1. The first kappa shape index (κ1) is 29.2. The van der Waals surface area contributed by atoms with Gasteiger partial charge in [0.1, 0.15) is 18.2 Å². The van der Waals surface area contributed by atoms with Crippen LogP contribution in [0.5, 0.6) is 11.5 Å². The number of carboxylic acid groups (broad SMARTS) is 1. The minimum atomic E-state index is -1.01. The maximum absolute atomic E-state index is 12.8. The highest BCUT2D eigenvalue weighted by Gasteiger charge is 2.16. The molecule has 3 rings (SSSR count). The van der Waals surface area contributed by atoms with E-state index in [1.165, 1.54) is 49.6 Å². The standard InChI is InChI=1S/C31H28N2O7/c1-4-6-24-15-21(16-25(18-32)29(34)33-26-13-11-23(12-14-26)31(37)38-3)17-27(39-5-2)28(24)40-19-20-7-9-22(10-8-20)30(35)36/h4,7-17H,1,5-6,19H2,2-3H3,(H,33,34)(H,35,36)/b25-16+. The largest absolute Gasteiger partial charge is 0.490 e. The molecule has 40 heavy (non-hydrogen) atoms. The van der Waals surface area contributed by atoms with E-state index in [-0.39, 0.29) is 17.7 Å². The van der Waals surface area contributed by atoms with E-state index in [4.69, 9.17) is 14.6 Å².